The van der Waals surface area contributed by atoms with Crippen LogP contribution >= 0.6 is 22.9 Å². The van der Waals surface area contributed by atoms with Crippen molar-refractivity contribution < 1.29 is 0 Å². The monoisotopic (exact) mass is 399 g/mol. The van der Waals surface area contributed by atoms with Gasteiger partial charge in [0.25, 0.3) is 0 Å². The first-order chi connectivity index (χ1) is 13.2. The molecule has 3 aromatic heterocycles. The first-order valence-electron chi connectivity index (χ1n) is 8.99. The van der Waals surface area contributed by atoms with Gasteiger partial charge >= 0.3 is 0 Å². The van der Waals surface area contributed by atoms with Crippen LogP contribution in [0.15, 0.2) is 30.5 Å². The van der Waals surface area contributed by atoms with Gasteiger partial charge in [0.05, 0.1) is 18.4 Å². The van der Waals surface area contributed by atoms with Crippen LogP contribution in [0, 0.1) is 0 Å². The van der Waals surface area contributed by atoms with Crippen molar-refractivity contribution in [2.24, 2.45) is 0 Å². The smallest absolute Gasteiger partial charge is 0.214 e. The number of aryl methyl sites for hydroxylation is 2. The van der Waals surface area contributed by atoms with Crippen LogP contribution in [0.2, 0.25) is 5.02 Å². The Labute approximate surface area is 165 Å². The molecule has 0 bridgehead atoms. The van der Waals surface area contributed by atoms with Crippen molar-refractivity contribution in [3.05, 3.63) is 47.1 Å². The van der Waals surface area contributed by atoms with E-state index in [-0.39, 0.29) is 0 Å². The molecule has 1 unspecified atom stereocenters. The molecule has 1 aliphatic heterocycles. The predicted octanol–water partition coefficient (Wildman–Crippen LogP) is 3.69. The maximum Gasteiger partial charge on any atom is 0.214 e. The first-order valence-corrected chi connectivity index (χ1v) is 10.2. The third-order valence-corrected chi connectivity index (χ3v) is 5.83. The summed E-state index contributed by atoms with van der Waals surface area (Å²) >= 11 is 7.52. The molecule has 1 aliphatic rings. The lowest BCUT2D eigenvalue weighted by Gasteiger charge is -2.22. The summed E-state index contributed by atoms with van der Waals surface area (Å²) < 4.78 is 3.85. The molecule has 4 aromatic rings. The van der Waals surface area contributed by atoms with Crippen LogP contribution in [0.5, 0.6) is 0 Å². The molecule has 1 N–H and O–H groups in total. The molecule has 0 aliphatic carbocycles. The van der Waals surface area contributed by atoms with Gasteiger partial charge in [-0.15, -0.1) is 5.10 Å². The van der Waals surface area contributed by atoms with E-state index in [1.54, 1.807) is 11.3 Å². The molecule has 1 aromatic carbocycles. The molecule has 0 fully saturated rings. The van der Waals surface area contributed by atoms with Crippen molar-refractivity contribution in [2.75, 3.05) is 5.32 Å². The quantitative estimate of drug-likeness (QED) is 0.566. The number of hydrogen-bond donors (Lipinski definition) is 1. The summed E-state index contributed by atoms with van der Waals surface area (Å²) in [6.07, 6.45) is 4.79. The fraction of sp³-hybridized carbons (Fsp3) is 0.333. The summed E-state index contributed by atoms with van der Waals surface area (Å²) in [5, 5.41) is 14.3. The third-order valence-electron chi connectivity index (χ3n) is 4.73. The minimum atomic E-state index is 0.301. The Bertz CT molecular complexity index is 1060. The Hall–Kier alpha value is -2.45. The van der Waals surface area contributed by atoms with Crippen molar-refractivity contribution in [3.63, 3.8) is 0 Å². The fourth-order valence-electron chi connectivity index (χ4n) is 3.32. The summed E-state index contributed by atoms with van der Waals surface area (Å²) in [5.74, 6) is 2.01. The molecule has 138 valence electrons. The van der Waals surface area contributed by atoms with Crippen molar-refractivity contribution in [1.82, 2.24) is 29.4 Å². The van der Waals surface area contributed by atoms with Crippen LogP contribution in [0.25, 0.3) is 16.2 Å². The average Bonchev–Trinajstić information content (AvgIpc) is 3.34. The van der Waals surface area contributed by atoms with E-state index in [1.165, 1.54) is 0 Å². The molecule has 1 atom stereocenters. The van der Waals surface area contributed by atoms with Gasteiger partial charge in [-0.1, -0.05) is 42.0 Å². The summed E-state index contributed by atoms with van der Waals surface area (Å²) in [6, 6.07) is 7.98. The molecule has 7 nitrogen and oxygen atoms in total. The molecule has 5 rings (SSSR count). The number of halogens is 1. The van der Waals surface area contributed by atoms with Gasteiger partial charge in [0.15, 0.2) is 5.82 Å². The van der Waals surface area contributed by atoms with Gasteiger partial charge in [-0.2, -0.15) is 5.10 Å². The molecular formula is C18H18ClN7S. The molecular weight excluding hydrogens is 382 g/mol. The van der Waals surface area contributed by atoms with Crippen LogP contribution in [0.4, 0.5) is 5.13 Å². The highest BCUT2D eigenvalue weighted by Gasteiger charge is 2.22. The number of rotatable bonds is 4. The van der Waals surface area contributed by atoms with E-state index >= 15 is 0 Å². The van der Waals surface area contributed by atoms with E-state index in [1.807, 2.05) is 39.7 Å². The molecule has 0 saturated heterocycles. The molecule has 0 amide bonds. The minimum absolute atomic E-state index is 0.301. The number of benzene rings is 1. The van der Waals surface area contributed by atoms with Gasteiger partial charge in [0.1, 0.15) is 5.82 Å². The Kier molecular flexibility index (Phi) is 4.09. The Balaban J connectivity index is 1.32. The Morgan fingerprint density at radius 2 is 2.07 bits per heavy atom. The molecule has 0 radical (unpaired) electrons. The second kappa shape index (κ2) is 6.61. The molecule has 0 spiro atoms. The summed E-state index contributed by atoms with van der Waals surface area (Å²) in [4.78, 5) is 10.1. The Morgan fingerprint density at radius 1 is 1.22 bits per heavy atom. The van der Waals surface area contributed by atoms with Crippen molar-refractivity contribution in [1.29, 1.82) is 0 Å². The van der Waals surface area contributed by atoms with Crippen LogP contribution < -0.4 is 5.32 Å². The van der Waals surface area contributed by atoms with Gasteiger partial charge in [0, 0.05) is 29.5 Å². The van der Waals surface area contributed by atoms with Crippen LogP contribution in [-0.4, -0.2) is 35.4 Å². The Morgan fingerprint density at radius 3 is 2.85 bits per heavy atom. The highest BCUT2D eigenvalue weighted by atomic mass is 35.5. The summed E-state index contributed by atoms with van der Waals surface area (Å²) in [5.41, 5.74) is 1.93. The first kappa shape index (κ1) is 16.7. The van der Waals surface area contributed by atoms with Crippen LogP contribution in [0.3, 0.4) is 0 Å². The predicted molar refractivity (Wildman–Crippen MR) is 106 cm³/mol. The molecule has 27 heavy (non-hydrogen) atoms. The normalized spacial score (nSPS) is 16.6. The molecule has 9 heteroatoms. The SMILES string of the molecule is CCc1nc2n(n1)CC(Nc1nn3cc(-c4ccc(Cl)cc4)nc3s1)CC2. The maximum atomic E-state index is 5.96. The number of anilines is 1. The number of hydrogen-bond acceptors (Lipinski definition) is 6. The molecule has 0 saturated carbocycles. The zero-order chi connectivity index (χ0) is 18.4. The van der Waals surface area contributed by atoms with Gasteiger partial charge in [-0.05, 0) is 18.6 Å². The lowest BCUT2D eigenvalue weighted by molar-refractivity contribution is 0.440. The van der Waals surface area contributed by atoms with Gasteiger partial charge in [0.2, 0.25) is 10.1 Å². The van der Waals surface area contributed by atoms with E-state index in [0.717, 1.165) is 63.8 Å². The van der Waals surface area contributed by atoms with E-state index in [9.17, 15) is 0 Å². The van der Waals surface area contributed by atoms with Gasteiger partial charge in [-0.3, -0.25) is 0 Å². The minimum Gasteiger partial charge on any atom is -0.355 e. The van der Waals surface area contributed by atoms with Crippen molar-refractivity contribution in [2.45, 2.75) is 38.8 Å². The standard InChI is InChI=1S/C18H18ClN7S/c1-2-15-22-16-8-7-13(9-25(16)23-15)20-17-24-26-10-14(21-18(26)27-17)11-3-5-12(19)6-4-11/h3-6,10,13H,2,7-9H2,1H3,(H,20,24). The van der Waals surface area contributed by atoms with E-state index in [4.69, 9.17) is 11.6 Å². The van der Waals surface area contributed by atoms with E-state index < -0.39 is 0 Å². The van der Waals surface area contributed by atoms with E-state index in [2.05, 4.69) is 32.4 Å². The lowest BCUT2D eigenvalue weighted by atomic mass is 10.1. The zero-order valence-corrected chi connectivity index (χ0v) is 16.3. The van der Waals surface area contributed by atoms with Crippen LogP contribution in [0.1, 0.15) is 25.0 Å². The van der Waals surface area contributed by atoms with Gasteiger partial charge < -0.3 is 5.32 Å². The number of nitrogens with zero attached hydrogens (tertiary/aromatic N) is 6. The zero-order valence-electron chi connectivity index (χ0n) is 14.8. The fourth-order valence-corrected chi connectivity index (χ4v) is 4.31. The van der Waals surface area contributed by atoms with Crippen LogP contribution in [-0.2, 0) is 19.4 Å². The number of imidazole rings is 1. The van der Waals surface area contributed by atoms with Gasteiger partial charge in [-0.25, -0.2) is 19.2 Å². The third kappa shape index (κ3) is 3.19. The van der Waals surface area contributed by atoms with Crippen molar-refractivity contribution >= 4 is 33.0 Å². The number of fused-ring (bicyclic) bond motifs is 2. The topological polar surface area (TPSA) is 72.9 Å². The second-order valence-corrected chi connectivity index (χ2v) is 8.02. The van der Waals surface area contributed by atoms with E-state index in [0.29, 0.717) is 6.04 Å². The summed E-state index contributed by atoms with van der Waals surface area (Å²) in [7, 11) is 0. The molecule has 4 heterocycles. The highest BCUT2D eigenvalue weighted by molar-refractivity contribution is 7.20. The average molecular weight is 400 g/mol. The van der Waals surface area contributed by atoms with Crippen molar-refractivity contribution in [3.8, 4) is 11.3 Å². The lowest BCUT2D eigenvalue weighted by Crippen LogP contribution is -2.32. The highest BCUT2D eigenvalue weighted by Crippen LogP contribution is 2.26. The number of nitrogens with one attached hydrogen (secondary N) is 1. The second-order valence-electron chi connectivity index (χ2n) is 6.63. The maximum absolute atomic E-state index is 5.96. The summed E-state index contributed by atoms with van der Waals surface area (Å²) in [6.45, 7) is 2.90. The largest absolute Gasteiger partial charge is 0.355 e. The number of aromatic nitrogens is 6.